The number of rotatable bonds is 10. The van der Waals surface area contributed by atoms with E-state index in [4.69, 9.17) is 14.5 Å². The number of nitrogens with one attached hydrogen (secondary N) is 3. The summed E-state index contributed by atoms with van der Waals surface area (Å²) in [7, 11) is 0. The molecule has 1 aliphatic carbocycles. The topological polar surface area (TPSA) is 128 Å². The summed E-state index contributed by atoms with van der Waals surface area (Å²) < 4.78 is 5.46. The van der Waals surface area contributed by atoms with E-state index in [1.165, 1.54) is 12.8 Å². The van der Waals surface area contributed by atoms with Crippen LogP contribution >= 0.6 is 0 Å². The molecule has 182 valence electrons. The van der Waals surface area contributed by atoms with Gasteiger partial charge >= 0.3 is 0 Å². The first-order valence-corrected chi connectivity index (χ1v) is 12.3. The van der Waals surface area contributed by atoms with E-state index in [9.17, 15) is 5.11 Å². The number of aromatic amines is 1. The molecule has 0 radical (unpaired) electrons. The molecule has 3 aromatic rings. The number of aromatic nitrogens is 5. The quantitative estimate of drug-likeness (QED) is 0.353. The van der Waals surface area contributed by atoms with Gasteiger partial charge in [0.1, 0.15) is 11.6 Å². The standard InChI is InChI=1S/C24H34N8O2/c1-15(2)19-11-18(34-31-19)14-25-24-26-20(17-5-7-32(8-6-17)9-10-33)12-22(28-24)27-23-13-21(29-30-23)16-3-4-16/h11-13,15-17,33H,3-10,14H2,1-2H3,(H3,25,26,27,28,29,30). The molecule has 4 heterocycles. The van der Waals surface area contributed by atoms with Crippen LogP contribution in [0, 0.1) is 0 Å². The van der Waals surface area contributed by atoms with Crippen molar-refractivity contribution >= 4 is 17.6 Å². The van der Waals surface area contributed by atoms with Crippen LogP contribution in [0.4, 0.5) is 17.6 Å². The lowest BCUT2D eigenvalue weighted by molar-refractivity contribution is 0.163. The van der Waals surface area contributed by atoms with E-state index >= 15 is 0 Å². The summed E-state index contributed by atoms with van der Waals surface area (Å²) in [6.07, 6.45) is 4.44. The molecule has 0 unspecified atom stereocenters. The first-order chi connectivity index (χ1) is 16.6. The summed E-state index contributed by atoms with van der Waals surface area (Å²) in [6, 6.07) is 6.09. The van der Waals surface area contributed by atoms with Crippen LogP contribution < -0.4 is 10.6 Å². The van der Waals surface area contributed by atoms with Crippen molar-refractivity contribution in [1.29, 1.82) is 0 Å². The fraction of sp³-hybridized carbons (Fsp3) is 0.583. The highest BCUT2D eigenvalue weighted by atomic mass is 16.5. The minimum absolute atomic E-state index is 0.202. The highest BCUT2D eigenvalue weighted by Crippen LogP contribution is 2.39. The Morgan fingerprint density at radius 2 is 1.88 bits per heavy atom. The molecule has 0 spiro atoms. The summed E-state index contributed by atoms with van der Waals surface area (Å²) in [6.45, 7) is 7.50. The van der Waals surface area contributed by atoms with Crippen molar-refractivity contribution in [2.24, 2.45) is 0 Å². The summed E-state index contributed by atoms with van der Waals surface area (Å²) in [4.78, 5) is 11.9. The second-order valence-corrected chi connectivity index (χ2v) is 9.67. The van der Waals surface area contributed by atoms with Crippen molar-refractivity contribution in [2.75, 3.05) is 36.9 Å². The molecule has 0 aromatic carbocycles. The van der Waals surface area contributed by atoms with Gasteiger partial charge in [0.05, 0.1) is 30.2 Å². The third-order valence-corrected chi connectivity index (χ3v) is 6.61. The van der Waals surface area contributed by atoms with Crippen LogP contribution in [0.1, 0.15) is 80.1 Å². The van der Waals surface area contributed by atoms with Gasteiger partial charge in [0.25, 0.3) is 0 Å². The van der Waals surface area contributed by atoms with Crippen LogP contribution in [0.15, 0.2) is 22.7 Å². The normalized spacial score (nSPS) is 17.4. The molecule has 1 saturated carbocycles. The zero-order valence-electron chi connectivity index (χ0n) is 19.9. The zero-order valence-corrected chi connectivity index (χ0v) is 19.9. The van der Waals surface area contributed by atoms with Gasteiger partial charge in [0, 0.05) is 36.6 Å². The van der Waals surface area contributed by atoms with E-state index in [0.717, 1.165) is 67.0 Å². The molecule has 0 bridgehead atoms. The largest absolute Gasteiger partial charge is 0.395 e. The molecule has 10 heteroatoms. The Hall–Kier alpha value is -2.98. The fourth-order valence-electron chi connectivity index (χ4n) is 4.39. The first kappa shape index (κ1) is 22.8. The van der Waals surface area contributed by atoms with Gasteiger partial charge in [-0.2, -0.15) is 10.1 Å². The summed E-state index contributed by atoms with van der Waals surface area (Å²) >= 11 is 0. The number of β-amino-alcohol motifs (C(OH)–C–C–N with tert-alkyl or cyclic N) is 1. The molecule has 0 amide bonds. The molecule has 2 fully saturated rings. The van der Waals surface area contributed by atoms with Crippen LogP contribution in [-0.4, -0.2) is 61.6 Å². The number of nitrogens with zero attached hydrogens (tertiary/aromatic N) is 5. The second kappa shape index (κ2) is 10.1. The van der Waals surface area contributed by atoms with Crippen molar-refractivity contribution < 1.29 is 9.63 Å². The van der Waals surface area contributed by atoms with Crippen molar-refractivity contribution in [3.63, 3.8) is 0 Å². The van der Waals surface area contributed by atoms with Crippen LogP contribution in [0.5, 0.6) is 0 Å². The van der Waals surface area contributed by atoms with Gasteiger partial charge in [0.2, 0.25) is 5.95 Å². The monoisotopic (exact) mass is 466 g/mol. The Kier molecular flexibility index (Phi) is 6.77. The smallest absolute Gasteiger partial charge is 0.225 e. The zero-order chi connectivity index (χ0) is 23.5. The molecular formula is C24H34N8O2. The molecule has 34 heavy (non-hydrogen) atoms. The maximum Gasteiger partial charge on any atom is 0.225 e. The average Bonchev–Trinajstić information content (AvgIpc) is 3.38. The van der Waals surface area contributed by atoms with Gasteiger partial charge in [-0.05, 0) is 44.7 Å². The fourth-order valence-corrected chi connectivity index (χ4v) is 4.39. The predicted octanol–water partition coefficient (Wildman–Crippen LogP) is 3.72. The highest BCUT2D eigenvalue weighted by Gasteiger charge is 2.26. The van der Waals surface area contributed by atoms with E-state index in [-0.39, 0.29) is 6.61 Å². The van der Waals surface area contributed by atoms with Gasteiger partial charge < -0.3 is 25.2 Å². The Morgan fingerprint density at radius 3 is 2.59 bits per heavy atom. The molecular weight excluding hydrogens is 432 g/mol. The summed E-state index contributed by atoms with van der Waals surface area (Å²) in [5.74, 6) is 4.14. The minimum atomic E-state index is 0.202. The molecule has 1 saturated heterocycles. The number of aliphatic hydroxyl groups excluding tert-OH is 1. The first-order valence-electron chi connectivity index (χ1n) is 12.3. The highest BCUT2D eigenvalue weighted by molar-refractivity contribution is 5.55. The number of likely N-dealkylation sites (tertiary alicyclic amines) is 1. The molecule has 4 N–H and O–H groups in total. The third-order valence-electron chi connectivity index (χ3n) is 6.61. The summed E-state index contributed by atoms with van der Waals surface area (Å²) in [5.41, 5.74) is 3.07. The molecule has 2 aliphatic rings. The Labute approximate surface area is 199 Å². The van der Waals surface area contributed by atoms with Crippen LogP contribution in [0.25, 0.3) is 0 Å². The lowest BCUT2D eigenvalue weighted by atomic mass is 9.93. The average molecular weight is 467 g/mol. The third kappa shape index (κ3) is 5.56. The van der Waals surface area contributed by atoms with Crippen molar-refractivity contribution in [1.82, 2.24) is 30.2 Å². The van der Waals surface area contributed by atoms with Crippen LogP contribution in [0.3, 0.4) is 0 Å². The Morgan fingerprint density at radius 1 is 1.09 bits per heavy atom. The Bertz CT molecular complexity index is 1080. The molecule has 1 aliphatic heterocycles. The van der Waals surface area contributed by atoms with Crippen molar-refractivity contribution in [3.8, 4) is 0 Å². The maximum atomic E-state index is 9.24. The number of anilines is 3. The summed E-state index contributed by atoms with van der Waals surface area (Å²) in [5, 5.41) is 27.6. The minimum Gasteiger partial charge on any atom is -0.395 e. The molecule has 10 nitrogen and oxygen atoms in total. The van der Waals surface area contributed by atoms with E-state index < -0.39 is 0 Å². The molecule has 0 atom stereocenters. The lowest BCUT2D eigenvalue weighted by Crippen LogP contribution is -2.35. The van der Waals surface area contributed by atoms with Gasteiger partial charge in [-0.25, -0.2) is 4.98 Å². The van der Waals surface area contributed by atoms with E-state index in [2.05, 4.69) is 50.8 Å². The van der Waals surface area contributed by atoms with Gasteiger partial charge in [-0.3, -0.25) is 5.10 Å². The van der Waals surface area contributed by atoms with Gasteiger partial charge in [-0.1, -0.05) is 19.0 Å². The predicted molar refractivity (Wildman–Crippen MR) is 129 cm³/mol. The SMILES string of the molecule is CC(C)c1cc(CNc2nc(Nc3cc(C4CC4)n[nH]3)cc(C3CCN(CCO)CC3)n2)on1. The number of hydrogen-bond donors (Lipinski definition) is 4. The Balaban J connectivity index is 1.33. The van der Waals surface area contributed by atoms with Crippen molar-refractivity contribution in [2.45, 2.75) is 63.8 Å². The maximum absolute atomic E-state index is 9.24. The van der Waals surface area contributed by atoms with E-state index in [1.54, 1.807) is 0 Å². The van der Waals surface area contributed by atoms with Crippen molar-refractivity contribution in [3.05, 3.63) is 41.0 Å². The number of hydrogen-bond acceptors (Lipinski definition) is 9. The second-order valence-electron chi connectivity index (χ2n) is 9.67. The molecule has 3 aromatic heterocycles. The molecule has 5 rings (SSSR count). The number of aliphatic hydroxyl groups is 1. The van der Waals surface area contributed by atoms with Crippen LogP contribution in [-0.2, 0) is 6.54 Å². The van der Waals surface area contributed by atoms with E-state index in [1.807, 2.05) is 12.1 Å². The van der Waals surface area contributed by atoms with Gasteiger partial charge in [-0.15, -0.1) is 0 Å². The van der Waals surface area contributed by atoms with E-state index in [0.29, 0.717) is 30.2 Å². The number of H-pyrrole nitrogens is 1. The number of piperidine rings is 1. The lowest BCUT2D eigenvalue weighted by Gasteiger charge is -2.31. The van der Waals surface area contributed by atoms with Crippen LogP contribution in [0.2, 0.25) is 0 Å². The van der Waals surface area contributed by atoms with Gasteiger partial charge in [0.15, 0.2) is 5.76 Å².